The van der Waals surface area contributed by atoms with Gasteiger partial charge in [-0.3, -0.25) is 10.1 Å². The number of non-ortho nitro benzene ring substituents is 1. The predicted octanol–water partition coefficient (Wildman–Crippen LogP) is 4.24. The highest BCUT2D eigenvalue weighted by Gasteiger charge is 2.12. The number of hydrogen-bond donors (Lipinski definition) is 1. The van der Waals surface area contributed by atoms with Gasteiger partial charge in [0.05, 0.1) is 11.0 Å². The fourth-order valence-electron chi connectivity index (χ4n) is 2.05. The summed E-state index contributed by atoms with van der Waals surface area (Å²) in [6.07, 6.45) is 0. The van der Waals surface area contributed by atoms with Crippen molar-refractivity contribution in [3.63, 3.8) is 0 Å². The Kier molecular flexibility index (Phi) is 4.88. The SMILES string of the molecule is C[C@H](NCc1cc(F)cc([N+](=O)[O-])c1)c1ccccc1Cl. The summed E-state index contributed by atoms with van der Waals surface area (Å²) in [5, 5.41) is 14.5. The third-order valence-corrected chi connectivity index (χ3v) is 3.48. The van der Waals surface area contributed by atoms with E-state index in [1.807, 2.05) is 25.1 Å². The van der Waals surface area contributed by atoms with E-state index in [-0.39, 0.29) is 11.7 Å². The number of nitro benzene ring substituents is 1. The second-order valence-corrected chi connectivity index (χ2v) is 5.11. The van der Waals surface area contributed by atoms with Gasteiger partial charge in [-0.2, -0.15) is 0 Å². The van der Waals surface area contributed by atoms with Crippen LogP contribution in [-0.4, -0.2) is 4.92 Å². The summed E-state index contributed by atoms with van der Waals surface area (Å²) in [4.78, 5) is 10.1. The highest BCUT2D eigenvalue weighted by atomic mass is 35.5. The minimum Gasteiger partial charge on any atom is -0.306 e. The van der Waals surface area contributed by atoms with Crippen LogP contribution in [0.15, 0.2) is 42.5 Å². The van der Waals surface area contributed by atoms with Crippen molar-refractivity contribution in [2.24, 2.45) is 0 Å². The fraction of sp³-hybridized carbons (Fsp3) is 0.200. The fourth-order valence-corrected chi connectivity index (χ4v) is 2.35. The van der Waals surface area contributed by atoms with Crippen molar-refractivity contribution in [3.8, 4) is 0 Å². The Morgan fingerprint density at radius 3 is 2.71 bits per heavy atom. The molecule has 0 aromatic heterocycles. The third kappa shape index (κ3) is 4.00. The summed E-state index contributed by atoms with van der Waals surface area (Å²) in [5.41, 5.74) is 1.18. The smallest absolute Gasteiger partial charge is 0.272 e. The molecule has 0 spiro atoms. The lowest BCUT2D eigenvalue weighted by Crippen LogP contribution is -2.18. The zero-order valence-corrected chi connectivity index (χ0v) is 12.1. The normalized spacial score (nSPS) is 12.1. The molecule has 0 aliphatic heterocycles. The average Bonchev–Trinajstić information content (AvgIpc) is 2.44. The van der Waals surface area contributed by atoms with Gasteiger partial charge in [-0.25, -0.2) is 4.39 Å². The number of nitro groups is 1. The van der Waals surface area contributed by atoms with Gasteiger partial charge in [0.15, 0.2) is 0 Å². The topological polar surface area (TPSA) is 55.2 Å². The highest BCUT2D eigenvalue weighted by Crippen LogP contribution is 2.23. The molecular weight excluding hydrogens is 295 g/mol. The first-order chi connectivity index (χ1) is 9.97. The van der Waals surface area contributed by atoms with Crippen LogP contribution in [0.1, 0.15) is 24.1 Å². The Hall–Kier alpha value is -1.98. The van der Waals surface area contributed by atoms with E-state index in [1.54, 1.807) is 6.07 Å². The first-order valence-corrected chi connectivity index (χ1v) is 6.77. The molecule has 0 saturated carbocycles. The standard InChI is InChI=1S/C15H14ClFN2O2/c1-10(14-4-2-3-5-15(14)16)18-9-11-6-12(17)8-13(7-11)19(20)21/h2-8,10,18H,9H2,1H3/t10-/m0/s1. The lowest BCUT2D eigenvalue weighted by molar-refractivity contribution is -0.385. The van der Waals surface area contributed by atoms with Crippen molar-refractivity contribution in [2.75, 3.05) is 0 Å². The summed E-state index contributed by atoms with van der Waals surface area (Å²) in [5.74, 6) is -0.619. The molecule has 2 rings (SSSR count). The second-order valence-electron chi connectivity index (χ2n) is 4.70. The Balaban J connectivity index is 2.09. The van der Waals surface area contributed by atoms with Gasteiger partial charge in [0.25, 0.3) is 5.69 Å². The Morgan fingerprint density at radius 2 is 2.05 bits per heavy atom. The highest BCUT2D eigenvalue weighted by molar-refractivity contribution is 6.31. The summed E-state index contributed by atoms with van der Waals surface area (Å²) < 4.78 is 13.3. The molecule has 0 unspecified atom stereocenters. The van der Waals surface area contributed by atoms with Crippen LogP contribution in [0, 0.1) is 15.9 Å². The number of hydrogen-bond acceptors (Lipinski definition) is 3. The summed E-state index contributed by atoms with van der Waals surface area (Å²) in [7, 11) is 0. The van der Waals surface area contributed by atoms with Crippen molar-refractivity contribution in [3.05, 3.63) is 74.5 Å². The van der Waals surface area contributed by atoms with Crippen LogP contribution in [0.5, 0.6) is 0 Å². The molecule has 1 atom stereocenters. The van der Waals surface area contributed by atoms with Gasteiger partial charge < -0.3 is 5.32 Å². The van der Waals surface area contributed by atoms with Gasteiger partial charge in [-0.05, 0) is 30.2 Å². The first-order valence-electron chi connectivity index (χ1n) is 6.39. The second kappa shape index (κ2) is 6.65. The number of halogens is 2. The Morgan fingerprint density at radius 1 is 1.33 bits per heavy atom. The molecule has 6 heteroatoms. The van der Waals surface area contributed by atoms with E-state index in [1.165, 1.54) is 12.1 Å². The molecule has 0 fully saturated rings. The lowest BCUT2D eigenvalue weighted by Gasteiger charge is -2.15. The Labute approximate surface area is 126 Å². The summed E-state index contributed by atoms with van der Waals surface area (Å²) >= 11 is 6.10. The molecule has 0 saturated heterocycles. The average molecular weight is 309 g/mol. The van der Waals surface area contributed by atoms with Crippen LogP contribution >= 0.6 is 11.6 Å². The van der Waals surface area contributed by atoms with E-state index >= 15 is 0 Å². The van der Waals surface area contributed by atoms with E-state index < -0.39 is 10.7 Å². The van der Waals surface area contributed by atoms with Crippen LogP contribution in [0.4, 0.5) is 10.1 Å². The van der Waals surface area contributed by atoms with Crippen molar-refractivity contribution in [1.29, 1.82) is 0 Å². The monoisotopic (exact) mass is 308 g/mol. The van der Waals surface area contributed by atoms with Crippen LogP contribution in [0.3, 0.4) is 0 Å². The van der Waals surface area contributed by atoms with Gasteiger partial charge >= 0.3 is 0 Å². The van der Waals surface area contributed by atoms with Gasteiger partial charge in [-0.1, -0.05) is 29.8 Å². The number of nitrogens with zero attached hydrogens (tertiary/aromatic N) is 1. The Bertz CT molecular complexity index is 664. The van der Waals surface area contributed by atoms with Crippen molar-refractivity contribution in [2.45, 2.75) is 19.5 Å². The van der Waals surface area contributed by atoms with Crippen molar-refractivity contribution < 1.29 is 9.31 Å². The van der Waals surface area contributed by atoms with Gasteiger partial charge in [0.1, 0.15) is 5.82 Å². The van der Waals surface area contributed by atoms with Crippen LogP contribution in [-0.2, 0) is 6.54 Å². The summed E-state index contributed by atoms with van der Waals surface area (Å²) in [6, 6.07) is 10.9. The maximum Gasteiger partial charge on any atom is 0.272 e. The lowest BCUT2D eigenvalue weighted by atomic mass is 10.1. The largest absolute Gasteiger partial charge is 0.306 e. The molecule has 110 valence electrons. The first kappa shape index (κ1) is 15.4. The number of benzene rings is 2. The minimum absolute atomic E-state index is 0.0546. The van der Waals surface area contributed by atoms with E-state index in [2.05, 4.69) is 5.32 Å². The molecule has 0 aliphatic rings. The predicted molar refractivity (Wildman–Crippen MR) is 79.8 cm³/mol. The van der Waals surface area contributed by atoms with E-state index in [0.717, 1.165) is 11.6 Å². The van der Waals surface area contributed by atoms with Crippen LogP contribution < -0.4 is 5.32 Å². The molecule has 21 heavy (non-hydrogen) atoms. The molecule has 4 nitrogen and oxygen atoms in total. The zero-order chi connectivity index (χ0) is 15.4. The molecule has 1 N–H and O–H groups in total. The van der Waals surface area contributed by atoms with Crippen molar-refractivity contribution in [1.82, 2.24) is 5.32 Å². The van der Waals surface area contributed by atoms with Crippen LogP contribution in [0.25, 0.3) is 0 Å². The van der Waals surface area contributed by atoms with Gasteiger partial charge in [0.2, 0.25) is 0 Å². The van der Waals surface area contributed by atoms with E-state index in [4.69, 9.17) is 11.6 Å². The zero-order valence-electron chi connectivity index (χ0n) is 11.3. The van der Waals surface area contributed by atoms with E-state index in [9.17, 15) is 14.5 Å². The molecule has 0 radical (unpaired) electrons. The molecule has 2 aromatic rings. The molecule has 0 amide bonds. The molecule has 2 aromatic carbocycles. The minimum atomic E-state index is -0.619. The number of nitrogens with one attached hydrogen (secondary N) is 1. The summed E-state index contributed by atoms with van der Waals surface area (Å²) in [6.45, 7) is 2.24. The quantitative estimate of drug-likeness (QED) is 0.664. The van der Waals surface area contributed by atoms with Crippen LogP contribution in [0.2, 0.25) is 5.02 Å². The maximum atomic E-state index is 13.3. The van der Waals surface area contributed by atoms with E-state index in [0.29, 0.717) is 17.1 Å². The number of rotatable bonds is 5. The van der Waals surface area contributed by atoms with Gasteiger partial charge in [-0.15, -0.1) is 0 Å². The van der Waals surface area contributed by atoms with Crippen molar-refractivity contribution >= 4 is 17.3 Å². The molecule has 0 heterocycles. The maximum absolute atomic E-state index is 13.3. The molecule has 0 aliphatic carbocycles. The molecular formula is C15H14ClFN2O2. The third-order valence-electron chi connectivity index (χ3n) is 3.14. The van der Waals surface area contributed by atoms with Gasteiger partial charge in [0, 0.05) is 23.7 Å². The molecule has 0 bridgehead atoms.